The number of hydrogen-bond donors (Lipinski definition) is 5. The first-order valence-corrected chi connectivity index (χ1v) is 19.6. The van der Waals surface area contributed by atoms with Crippen LogP contribution in [0.3, 0.4) is 0 Å². The van der Waals surface area contributed by atoms with E-state index in [2.05, 4.69) is 25.8 Å². The molecule has 0 bridgehead atoms. The topological polar surface area (TPSA) is 211 Å². The first-order chi connectivity index (χ1) is 20.8. The van der Waals surface area contributed by atoms with Crippen molar-refractivity contribution in [1.82, 2.24) is 5.32 Å². The van der Waals surface area contributed by atoms with Crippen molar-refractivity contribution in [2.24, 2.45) is 38.2 Å². The minimum Gasteiger partial charge on any atom is -0.391 e. The van der Waals surface area contributed by atoms with E-state index in [9.17, 15) is 36.2 Å². The van der Waals surface area contributed by atoms with Crippen molar-refractivity contribution in [3.05, 3.63) is 0 Å². The second-order valence-corrected chi connectivity index (χ2v) is 17.6. The van der Waals surface area contributed by atoms with E-state index in [1.54, 1.807) is 0 Å². The van der Waals surface area contributed by atoms with Gasteiger partial charge in [-0.05, 0) is 94.8 Å². The van der Waals surface area contributed by atoms with E-state index in [1.807, 2.05) is 6.92 Å². The van der Waals surface area contributed by atoms with Gasteiger partial charge in [0.15, 0.2) is 0 Å². The Balaban J connectivity index is 0.00000461. The van der Waals surface area contributed by atoms with Crippen LogP contribution in [0.4, 0.5) is 0 Å². The molecular weight excluding hydrogens is 674 g/mol. The smallest absolute Gasteiger partial charge is 0.270 e. The van der Waals surface area contributed by atoms with Crippen molar-refractivity contribution in [1.29, 1.82) is 0 Å². The Hall–Kier alpha value is -0.581. The minimum absolute atomic E-state index is 0. The van der Waals surface area contributed by atoms with Crippen molar-refractivity contribution in [2.75, 3.05) is 0 Å². The van der Waals surface area contributed by atoms with Gasteiger partial charge in [-0.1, -0.05) is 26.2 Å². The molecule has 0 spiro atoms. The fourth-order valence-corrected chi connectivity index (χ4v) is 10.5. The Morgan fingerprint density at radius 2 is 1.33 bits per heavy atom. The summed E-state index contributed by atoms with van der Waals surface area (Å²) in [4.78, 5) is 0. The molecule has 10 unspecified atom stereocenters. The van der Waals surface area contributed by atoms with Crippen LogP contribution in [0.15, 0.2) is 20.5 Å². The normalized spacial score (nSPS) is 42.3. The average Bonchev–Trinajstić information content (AvgIpc) is 2.97. The SMILES string of the molecule is CC1CC(N=NC2C(O)C3CCC(NC4CCCCC4)CC3CC2S(=O)(=O)O)C(O)CC1N=NC1CCC(S(=O)(=O)O)CC1.[Cu]. The summed E-state index contributed by atoms with van der Waals surface area (Å²) in [5, 5.41) is 41.7. The van der Waals surface area contributed by atoms with Crippen LogP contribution in [0.25, 0.3) is 0 Å². The van der Waals surface area contributed by atoms with Crippen LogP contribution in [0.2, 0.25) is 0 Å². The molecule has 0 aromatic carbocycles. The first-order valence-electron chi connectivity index (χ1n) is 16.6. The molecule has 5 aliphatic carbocycles. The molecule has 10 atom stereocenters. The van der Waals surface area contributed by atoms with Gasteiger partial charge in [-0.2, -0.15) is 37.3 Å². The number of nitrogens with zero attached hydrogens (tertiary/aromatic N) is 4. The molecule has 1 radical (unpaired) electrons. The van der Waals surface area contributed by atoms with Crippen molar-refractivity contribution in [3.63, 3.8) is 0 Å². The molecule has 0 aliphatic heterocycles. The molecule has 45 heavy (non-hydrogen) atoms. The fourth-order valence-electron chi connectivity index (χ4n) is 8.53. The van der Waals surface area contributed by atoms with Crippen LogP contribution >= 0.6 is 0 Å². The monoisotopic (exact) mass is 724 g/mol. The largest absolute Gasteiger partial charge is 0.391 e. The zero-order valence-electron chi connectivity index (χ0n) is 25.9. The summed E-state index contributed by atoms with van der Waals surface area (Å²) in [7, 11) is -8.53. The molecule has 5 saturated carbocycles. The summed E-state index contributed by atoms with van der Waals surface area (Å²) in [6.45, 7) is 1.98. The standard InChI is InChI=1S/C29H51N5O8S2.Cu/c1-17-13-25(26(35)16-24(17)32-31-20-7-10-22(11-8-20)43(37,38)39)33-34-28-27(44(40,41)42)15-18-14-21(9-12-23(18)29(28)36)30-19-5-3-2-4-6-19;/h17-30,35-36H,2-16H2,1H3,(H,37,38,39)(H,40,41,42);. The average molecular weight is 725 g/mol. The number of azo groups is 2. The third kappa shape index (κ3) is 9.53. The van der Waals surface area contributed by atoms with Gasteiger partial charge in [0.25, 0.3) is 20.2 Å². The van der Waals surface area contributed by atoms with Gasteiger partial charge in [-0.25, -0.2) is 0 Å². The zero-order valence-corrected chi connectivity index (χ0v) is 28.5. The summed E-state index contributed by atoms with van der Waals surface area (Å²) in [6.07, 6.45) is 9.27. The molecular formula is C29H51CuN5O8S2. The number of aliphatic hydroxyl groups excluding tert-OH is 2. The fraction of sp³-hybridized carbons (Fsp3) is 1.00. The Labute approximate surface area is 278 Å². The van der Waals surface area contributed by atoms with Crippen molar-refractivity contribution < 1.29 is 53.2 Å². The maximum Gasteiger partial charge on any atom is 0.270 e. The predicted molar refractivity (Wildman–Crippen MR) is 164 cm³/mol. The van der Waals surface area contributed by atoms with Gasteiger partial charge in [-0.3, -0.25) is 9.11 Å². The maximum absolute atomic E-state index is 12.5. The van der Waals surface area contributed by atoms with Gasteiger partial charge in [0.2, 0.25) is 0 Å². The van der Waals surface area contributed by atoms with Crippen molar-refractivity contribution >= 4 is 20.2 Å². The molecule has 13 nitrogen and oxygen atoms in total. The van der Waals surface area contributed by atoms with Crippen LogP contribution in [-0.4, -0.2) is 95.1 Å². The van der Waals surface area contributed by atoms with Gasteiger partial charge in [0.05, 0.1) is 35.6 Å². The van der Waals surface area contributed by atoms with Gasteiger partial charge in [-0.15, -0.1) is 0 Å². The van der Waals surface area contributed by atoms with E-state index in [-0.39, 0.29) is 59.4 Å². The quantitative estimate of drug-likeness (QED) is 0.140. The zero-order chi connectivity index (χ0) is 31.6. The molecule has 5 fully saturated rings. The first kappa shape index (κ1) is 37.2. The second kappa shape index (κ2) is 15.8. The predicted octanol–water partition coefficient (Wildman–Crippen LogP) is 3.71. The number of hydrogen-bond acceptors (Lipinski definition) is 11. The summed E-state index contributed by atoms with van der Waals surface area (Å²) in [5.74, 6) is -0.146. The van der Waals surface area contributed by atoms with Crippen LogP contribution in [0, 0.1) is 17.8 Å². The minimum atomic E-state index is -4.49. The van der Waals surface area contributed by atoms with Gasteiger partial charge >= 0.3 is 0 Å². The number of aliphatic hydroxyl groups is 2. The Bertz CT molecular complexity index is 1240. The molecule has 5 rings (SSSR count). The molecule has 5 N–H and O–H groups in total. The van der Waals surface area contributed by atoms with E-state index >= 15 is 0 Å². The van der Waals surface area contributed by atoms with Gasteiger partial charge in [0, 0.05) is 29.2 Å². The number of rotatable bonds is 8. The van der Waals surface area contributed by atoms with E-state index in [4.69, 9.17) is 0 Å². The maximum atomic E-state index is 12.5. The summed E-state index contributed by atoms with van der Waals surface area (Å²) >= 11 is 0. The third-order valence-electron chi connectivity index (χ3n) is 11.2. The molecule has 0 aromatic rings. The van der Waals surface area contributed by atoms with Crippen LogP contribution in [0.1, 0.15) is 103 Å². The second-order valence-electron chi connectivity index (χ2n) is 14.3. The Morgan fingerprint density at radius 3 is 1.98 bits per heavy atom. The van der Waals surface area contributed by atoms with Crippen LogP contribution in [0.5, 0.6) is 0 Å². The number of nitrogens with one attached hydrogen (secondary N) is 1. The van der Waals surface area contributed by atoms with Crippen molar-refractivity contribution in [2.45, 2.75) is 162 Å². The van der Waals surface area contributed by atoms with Gasteiger partial charge < -0.3 is 15.5 Å². The molecule has 5 aliphatic rings. The molecule has 0 saturated heterocycles. The Kier molecular flexibility index (Phi) is 13.0. The molecule has 0 heterocycles. The van der Waals surface area contributed by atoms with Gasteiger partial charge in [0.1, 0.15) is 11.3 Å². The molecule has 0 amide bonds. The third-order valence-corrected chi connectivity index (χ3v) is 13.7. The van der Waals surface area contributed by atoms with E-state index in [1.165, 1.54) is 32.1 Å². The summed E-state index contributed by atoms with van der Waals surface area (Å²) in [5.41, 5.74) is 0. The molecule has 0 aromatic heterocycles. The van der Waals surface area contributed by atoms with Crippen LogP contribution < -0.4 is 5.32 Å². The van der Waals surface area contributed by atoms with Crippen LogP contribution in [-0.2, 0) is 37.3 Å². The Morgan fingerprint density at radius 1 is 0.667 bits per heavy atom. The van der Waals surface area contributed by atoms with E-state index in [0.29, 0.717) is 44.6 Å². The molecule has 16 heteroatoms. The van der Waals surface area contributed by atoms with Crippen molar-refractivity contribution in [3.8, 4) is 0 Å². The van der Waals surface area contributed by atoms with E-state index in [0.717, 1.165) is 19.3 Å². The summed E-state index contributed by atoms with van der Waals surface area (Å²) < 4.78 is 67.2. The number of fused-ring (bicyclic) bond motifs is 1. The summed E-state index contributed by atoms with van der Waals surface area (Å²) in [6, 6.07) is -1.28. The van der Waals surface area contributed by atoms with E-state index < -0.39 is 55.0 Å². The molecule has 263 valence electrons.